The van der Waals surface area contributed by atoms with Crippen molar-refractivity contribution in [3.8, 4) is 16.9 Å². The Kier molecular flexibility index (Phi) is 4.21. The predicted octanol–water partition coefficient (Wildman–Crippen LogP) is 4.94. The summed E-state index contributed by atoms with van der Waals surface area (Å²) in [5, 5.41) is 0. The third-order valence-corrected chi connectivity index (χ3v) is 4.76. The molecule has 0 saturated heterocycles. The first-order valence-corrected chi connectivity index (χ1v) is 8.83. The largest absolute Gasteiger partial charge is 0.477 e. The van der Waals surface area contributed by atoms with E-state index in [1.165, 1.54) is 0 Å². The van der Waals surface area contributed by atoms with Gasteiger partial charge < -0.3 is 9.47 Å². The molecule has 0 aliphatic carbocycles. The Bertz CT molecular complexity index is 933. The van der Waals surface area contributed by atoms with Crippen molar-refractivity contribution >= 4 is 5.97 Å². The van der Waals surface area contributed by atoms with Gasteiger partial charge >= 0.3 is 5.97 Å². The highest BCUT2D eigenvalue weighted by Crippen LogP contribution is 2.49. The van der Waals surface area contributed by atoms with Crippen molar-refractivity contribution in [2.45, 2.75) is 18.9 Å². The molecule has 0 aromatic heterocycles. The Morgan fingerprint density at radius 2 is 1.54 bits per heavy atom. The summed E-state index contributed by atoms with van der Waals surface area (Å²) < 4.78 is 11.8. The van der Waals surface area contributed by atoms with Crippen LogP contribution < -0.4 is 4.74 Å². The monoisotopic (exact) mass is 344 g/mol. The van der Waals surface area contributed by atoms with E-state index in [-0.39, 0.29) is 12.4 Å². The Morgan fingerprint density at radius 1 is 0.885 bits per heavy atom. The van der Waals surface area contributed by atoms with Gasteiger partial charge in [0.15, 0.2) is 5.60 Å². The maximum atomic E-state index is 12.5. The summed E-state index contributed by atoms with van der Waals surface area (Å²) in [4.78, 5) is 12.5. The Hall–Kier alpha value is -3.07. The van der Waals surface area contributed by atoms with E-state index in [0.717, 1.165) is 28.0 Å². The van der Waals surface area contributed by atoms with Crippen LogP contribution in [0, 0.1) is 0 Å². The number of fused-ring (bicyclic) bond motifs is 3. The lowest BCUT2D eigenvalue weighted by Crippen LogP contribution is -2.40. The number of carbonyl (C=O) groups is 1. The zero-order valence-corrected chi connectivity index (χ0v) is 14.6. The van der Waals surface area contributed by atoms with E-state index in [0.29, 0.717) is 6.61 Å². The van der Waals surface area contributed by atoms with Gasteiger partial charge in [-0.1, -0.05) is 72.8 Å². The first-order valence-electron chi connectivity index (χ1n) is 8.83. The van der Waals surface area contributed by atoms with Crippen LogP contribution in [0.1, 0.15) is 24.5 Å². The number of hydrogen-bond acceptors (Lipinski definition) is 3. The number of ether oxygens (including phenoxy) is 2. The van der Waals surface area contributed by atoms with Gasteiger partial charge in [-0.15, -0.1) is 0 Å². The second-order valence-corrected chi connectivity index (χ2v) is 6.32. The van der Waals surface area contributed by atoms with Crippen LogP contribution in [0.4, 0.5) is 0 Å². The number of para-hydroxylation sites is 1. The van der Waals surface area contributed by atoms with Gasteiger partial charge in [-0.25, -0.2) is 0 Å². The zero-order chi connectivity index (χ0) is 18.0. The fourth-order valence-corrected chi connectivity index (χ4v) is 3.66. The predicted molar refractivity (Wildman–Crippen MR) is 101 cm³/mol. The molecule has 3 aromatic rings. The van der Waals surface area contributed by atoms with E-state index in [1.807, 2.05) is 79.7 Å². The molecule has 3 heteroatoms. The Balaban J connectivity index is 1.96. The molecule has 0 N–H and O–H groups in total. The zero-order valence-electron chi connectivity index (χ0n) is 14.6. The van der Waals surface area contributed by atoms with Crippen molar-refractivity contribution in [2.24, 2.45) is 0 Å². The van der Waals surface area contributed by atoms with Crippen molar-refractivity contribution < 1.29 is 14.3 Å². The molecule has 130 valence electrons. The van der Waals surface area contributed by atoms with Crippen LogP contribution in [0.2, 0.25) is 0 Å². The maximum absolute atomic E-state index is 12.5. The van der Waals surface area contributed by atoms with Crippen molar-refractivity contribution in [3.63, 3.8) is 0 Å². The van der Waals surface area contributed by atoms with Gasteiger partial charge in [0, 0.05) is 16.7 Å². The van der Waals surface area contributed by atoms with Crippen LogP contribution >= 0.6 is 0 Å². The first kappa shape index (κ1) is 16.4. The van der Waals surface area contributed by atoms with Gasteiger partial charge in [-0.3, -0.25) is 4.79 Å². The molecular formula is C23H20O3. The highest BCUT2D eigenvalue weighted by molar-refractivity contribution is 5.80. The summed E-state index contributed by atoms with van der Waals surface area (Å²) in [5.41, 5.74) is 3.15. The number of esters is 1. The molecule has 0 amide bonds. The summed E-state index contributed by atoms with van der Waals surface area (Å²) in [6.07, 6.45) is 0.121. The van der Waals surface area contributed by atoms with Crippen molar-refractivity contribution in [1.82, 2.24) is 0 Å². The van der Waals surface area contributed by atoms with Crippen LogP contribution in [0.3, 0.4) is 0 Å². The third kappa shape index (κ3) is 2.66. The fraction of sp³-hybridized carbons (Fsp3) is 0.174. The molecular weight excluding hydrogens is 324 g/mol. The lowest BCUT2D eigenvalue weighted by atomic mass is 9.77. The van der Waals surface area contributed by atoms with Gasteiger partial charge in [-0.05, 0) is 18.6 Å². The van der Waals surface area contributed by atoms with E-state index >= 15 is 0 Å². The number of carbonyl (C=O) groups excluding carboxylic acids is 1. The molecule has 0 fully saturated rings. The topological polar surface area (TPSA) is 35.5 Å². The molecule has 0 spiro atoms. The SMILES string of the molecule is CCOC(=O)CC1(c2ccccc2)Oc2ccccc2-c2ccccc21. The quantitative estimate of drug-likeness (QED) is 0.629. The molecule has 1 aliphatic heterocycles. The fourth-order valence-electron chi connectivity index (χ4n) is 3.66. The van der Waals surface area contributed by atoms with Crippen LogP contribution in [-0.4, -0.2) is 12.6 Å². The van der Waals surface area contributed by atoms with Crippen molar-refractivity contribution in [2.75, 3.05) is 6.61 Å². The van der Waals surface area contributed by atoms with Crippen LogP contribution in [-0.2, 0) is 15.1 Å². The molecule has 26 heavy (non-hydrogen) atoms. The van der Waals surface area contributed by atoms with Gasteiger partial charge in [0.25, 0.3) is 0 Å². The first-order chi connectivity index (χ1) is 12.7. The lowest BCUT2D eigenvalue weighted by Gasteiger charge is -2.40. The van der Waals surface area contributed by atoms with Gasteiger partial charge in [0.2, 0.25) is 0 Å². The van der Waals surface area contributed by atoms with E-state index < -0.39 is 5.60 Å². The minimum Gasteiger partial charge on any atom is -0.477 e. The van der Waals surface area contributed by atoms with Gasteiger partial charge in [0.05, 0.1) is 13.0 Å². The Morgan fingerprint density at radius 3 is 2.31 bits per heavy atom. The molecule has 1 aliphatic rings. The molecule has 1 atom stereocenters. The molecule has 3 nitrogen and oxygen atoms in total. The minimum absolute atomic E-state index is 0.121. The molecule has 0 radical (unpaired) electrons. The van der Waals surface area contributed by atoms with E-state index in [2.05, 4.69) is 6.07 Å². The van der Waals surface area contributed by atoms with Crippen LogP contribution in [0.15, 0.2) is 78.9 Å². The molecule has 0 saturated carbocycles. The second-order valence-electron chi connectivity index (χ2n) is 6.32. The summed E-state index contributed by atoms with van der Waals surface area (Å²) in [6, 6.07) is 26.0. The summed E-state index contributed by atoms with van der Waals surface area (Å²) >= 11 is 0. The minimum atomic E-state index is -0.904. The van der Waals surface area contributed by atoms with Crippen molar-refractivity contribution in [1.29, 1.82) is 0 Å². The maximum Gasteiger partial charge on any atom is 0.310 e. The average Bonchev–Trinajstić information content (AvgIpc) is 2.69. The third-order valence-electron chi connectivity index (χ3n) is 4.76. The second kappa shape index (κ2) is 6.68. The number of benzene rings is 3. The smallest absolute Gasteiger partial charge is 0.310 e. The van der Waals surface area contributed by atoms with Crippen molar-refractivity contribution in [3.05, 3.63) is 90.0 Å². The standard InChI is InChI=1S/C23H20O3/c1-2-25-22(24)16-23(17-10-4-3-5-11-17)20-14-8-6-12-18(20)19-13-7-9-15-21(19)26-23/h3-15H,2,16H2,1H3. The summed E-state index contributed by atoms with van der Waals surface area (Å²) in [7, 11) is 0. The molecule has 1 unspecified atom stereocenters. The molecule has 1 heterocycles. The molecule has 3 aromatic carbocycles. The number of rotatable bonds is 4. The normalized spacial score (nSPS) is 17.6. The summed E-state index contributed by atoms with van der Waals surface area (Å²) in [5.74, 6) is 0.505. The highest BCUT2D eigenvalue weighted by atomic mass is 16.5. The summed E-state index contributed by atoms with van der Waals surface area (Å²) in [6.45, 7) is 2.17. The Labute approximate surface area is 153 Å². The van der Waals surface area contributed by atoms with Crippen LogP contribution in [0.5, 0.6) is 5.75 Å². The van der Waals surface area contributed by atoms with E-state index in [4.69, 9.17) is 9.47 Å². The number of hydrogen-bond donors (Lipinski definition) is 0. The molecule has 0 bridgehead atoms. The highest BCUT2D eigenvalue weighted by Gasteiger charge is 2.44. The molecule has 4 rings (SSSR count). The average molecular weight is 344 g/mol. The van der Waals surface area contributed by atoms with Gasteiger partial charge in [-0.2, -0.15) is 0 Å². The van der Waals surface area contributed by atoms with E-state index in [9.17, 15) is 4.79 Å². The van der Waals surface area contributed by atoms with Gasteiger partial charge in [0.1, 0.15) is 5.75 Å². The van der Waals surface area contributed by atoms with Crippen LogP contribution in [0.25, 0.3) is 11.1 Å². The van der Waals surface area contributed by atoms with E-state index in [1.54, 1.807) is 0 Å². The lowest BCUT2D eigenvalue weighted by molar-refractivity contribution is -0.147.